The highest BCUT2D eigenvalue weighted by molar-refractivity contribution is 6.02. The molecule has 1 saturated heterocycles. The van der Waals surface area contributed by atoms with Gasteiger partial charge in [0.05, 0.1) is 6.26 Å². The van der Waals surface area contributed by atoms with Crippen molar-refractivity contribution in [3.05, 3.63) is 78.5 Å². The van der Waals surface area contributed by atoms with Crippen LogP contribution >= 0.6 is 0 Å². The largest absolute Gasteiger partial charge is 0.459 e. The highest BCUT2D eigenvalue weighted by atomic mass is 16.3. The monoisotopic (exact) mass is 433 g/mol. The summed E-state index contributed by atoms with van der Waals surface area (Å²) in [6, 6.07) is 14.3. The Bertz CT molecular complexity index is 998. The fourth-order valence-corrected chi connectivity index (χ4v) is 3.73. The molecule has 0 radical (unpaired) electrons. The number of hydrogen-bond acceptors (Lipinski definition) is 5. The molecule has 3 amide bonds. The predicted molar refractivity (Wildman–Crippen MR) is 123 cm³/mol. The van der Waals surface area contributed by atoms with E-state index in [1.54, 1.807) is 36.4 Å². The Morgan fingerprint density at radius 2 is 1.66 bits per heavy atom. The van der Waals surface area contributed by atoms with E-state index in [1.807, 2.05) is 12.4 Å². The Hall–Kier alpha value is -3.65. The third-order valence-corrected chi connectivity index (χ3v) is 5.53. The molecule has 1 aliphatic heterocycles. The van der Waals surface area contributed by atoms with Gasteiger partial charge in [-0.2, -0.15) is 0 Å². The predicted octanol–water partition coefficient (Wildman–Crippen LogP) is 3.76. The second kappa shape index (κ2) is 10.6. The molecule has 8 nitrogen and oxygen atoms in total. The number of carbonyl (C=O) groups is 2. The van der Waals surface area contributed by atoms with Crippen molar-refractivity contribution in [3.63, 3.8) is 0 Å². The van der Waals surface area contributed by atoms with Gasteiger partial charge in [-0.15, -0.1) is 0 Å². The van der Waals surface area contributed by atoms with Gasteiger partial charge in [0.15, 0.2) is 5.76 Å². The summed E-state index contributed by atoms with van der Waals surface area (Å²) in [6.07, 6.45) is 7.98. The number of aromatic nitrogens is 1. The summed E-state index contributed by atoms with van der Waals surface area (Å²) >= 11 is 0. The fourth-order valence-electron chi connectivity index (χ4n) is 3.73. The van der Waals surface area contributed by atoms with Gasteiger partial charge in [0, 0.05) is 49.4 Å². The van der Waals surface area contributed by atoms with Gasteiger partial charge >= 0.3 is 6.03 Å². The minimum atomic E-state index is -0.319. The minimum Gasteiger partial charge on any atom is -0.459 e. The van der Waals surface area contributed by atoms with Crippen LogP contribution in [0.5, 0.6) is 0 Å². The van der Waals surface area contributed by atoms with Crippen LogP contribution in [0.1, 0.15) is 29.0 Å². The van der Waals surface area contributed by atoms with Gasteiger partial charge in [-0.1, -0.05) is 0 Å². The Morgan fingerprint density at radius 3 is 2.31 bits per heavy atom. The fraction of sp³-hybridized carbons (Fsp3) is 0.292. The van der Waals surface area contributed by atoms with Crippen molar-refractivity contribution >= 4 is 23.3 Å². The molecule has 4 rings (SSSR count). The van der Waals surface area contributed by atoms with Gasteiger partial charge in [-0.05, 0) is 73.4 Å². The van der Waals surface area contributed by atoms with E-state index in [-0.39, 0.29) is 23.7 Å². The number of pyridine rings is 1. The zero-order valence-electron chi connectivity index (χ0n) is 17.8. The summed E-state index contributed by atoms with van der Waals surface area (Å²) < 4.78 is 5.07. The average molecular weight is 434 g/mol. The van der Waals surface area contributed by atoms with E-state index in [0.29, 0.717) is 11.4 Å². The van der Waals surface area contributed by atoms with Crippen molar-refractivity contribution < 1.29 is 14.0 Å². The Balaban J connectivity index is 1.17. The molecule has 0 bridgehead atoms. The van der Waals surface area contributed by atoms with Gasteiger partial charge in [0.2, 0.25) is 0 Å². The number of likely N-dealkylation sites (tertiary alicyclic amines) is 1. The maximum Gasteiger partial charge on any atom is 0.319 e. The summed E-state index contributed by atoms with van der Waals surface area (Å²) in [7, 11) is 0. The maximum absolute atomic E-state index is 12.4. The molecule has 1 fully saturated rings. The quantitative estimate of drug-likeness (QED) is 0.527. The number of benzene rings is 1. The van der Waals surface area contributed by atoms with Crippen LogP contribution in [0.4, 0.5) is 16.2 Å². The summed E-state index contributed by atoms with van der Waals surface area (Å²) in [5.74, 6) is -0.0736. The number of amides is 3. The van der Waals surface area contributed by atoms with Crippen molar-refractivity contribution in [1.29, 1.82) is 0 Å². The SMILES string of the molecule is O=C(Nc1ccc(NC(=O)c2ccco2)cc1)NC1CCN(CCc2ccncc2)CC1. The smallest absolute Gasteiger partial charge is 0.319 e. The summed E-state index contributed by atoms with van der Waals surface area (Å²) in [4.78, 5) is 30.9. The molecule has 2 aromatic heterocycles. The topological polar surface area (TPSA) is 99.5 Å². The molecule has 3 heterocycles. The van der Waals surface area contributed by atoms with Crippen molar-refractivity contribution in [2.45, 2.75) is 25.3 Å². The molecule has 0 aliphatic carbocycles. The highest BCUT2D eigenvalue weighted by Gasteiger charge is 2.20. The number of carbonyl (C=O) groups excluding carboxylic acids is 2. The number of furan rings is 1. The van der Waals surface area contributed by atoms with E-state index in [2.05, 4.69) is 38.0 Å². The molecule has 1 aromatic carbocycles. The Labute approximate surface area is 187 Å². The number of piperidine rings is 1. The van der Waals surface area contributed by atoms with E-state index in [4.69, 9.17) is 4.42 Å². The molecule has 0 saturated carbocycles. The van der Waals surface area contributed by atoms with Crippen LogP contribution < -0.4 is 16.0 Å². The van der Waals surface area contributed by atoms with Gasteiger partial charge in [-0.3, -0.25) is 9.78 Å². The highest BCUT2D eigenvalue weighted by Crippen LogP contribution is 2.16. The molecule has 0 spiro atoms. The Morgan fingerprint density at radius 1 is 0.969 bits per heavy atom. The lowest BCUT2D eigenvalue weighted by Gasteiger charge is -2.32. The van der Waals surface area contributed by atoms with Crippen LogP contribution in [0, 0.1) is 0 Å². The van der Waals surface area contributed by atoms with Gasteiger partial charge in [0.25, 0.3) is 5.91 Å². The first-order chi connectivity index (χ1) is 15.7. The molecule has 0 unspecified atom stereocenters. The van der Waals surface area contributed by atoms with Crippen LogP contribution in [0.3, 0.4) is 0 Å². The first-order valence-corrected chi connectivity index (χ1v) is 10.8. The average Bonchev–Trinajstić information content (AvgIpc) is 3.36. The second-order valence-corrected chi connectivity index (χ2v) is 7.83. The normalized spacial score (nSPS) is 14.6. The summed E-state index contributed by atoms with van der Waals surface area (Å²) in [5, 5.41) is 8.66. The first kappa shape index (κ1) is 21.6. The zero-order valence-corrected chi connectivity index (χ0v) is 17.8. The molecular formula is C24H27N5O3. The second-order valence-electron chi connectivity index (χ2n) is 7.83. The third kappa shape index (κ3) is 6.18. The zero-order chi connectivity index (χ0) is 22.2. The van der Waals surface area contributed by atoms with Crippen LogP contribution in [0.15, 0.2) is 71.6 Å². The van der Waals surface area contributed by atoms with Gasteiger partial charge in [0.1, 0.15) is 0 Å². The number of urea groups is 1. The molecule has 3 aromatic rings. The molecule has 8 heteroatoms. The standard InChI is InChI=1S/C24H27N5O3/c30-23(22-2-1-17-32-22)26-19-3-5-20(6-4-19)27-24(31)28-21-10-15-29(16-11-21)14-9-18-7-12-25-13-8-18/h1-8,12-13,17,21H,9-11,14-16H2,(H,26,30)(H2,27,28,31). The molecule has 1 aliphatic rings. The Kier molecular flexibility index (Phi) is 7.14. The molecule has 166 valence electrons. The van der Waals surface area contributed by atoms with Crippen LogP contribution in [0.25, 0.3) is 0 Å². The van der Waals surface area contributed by atoms with Crippen molar-refractivity contribution in [1.82, 2.24) is 15.2 Å². The number of nitrogens with one attached hydrogen (secondary N) is 3. The lowest BCUT2D eigenvalue weighted by molar-refractivity contribution is 0.0996. The number of hydrogen-bond donors (Lipinski definition) is 3. The van der Waals surface area contributed by atoms with Crippen molar-refractivity contribution in [3.8, 4) is 0 Å². The molecule has 0 atom stereocenters. The minimum absolute atomic E-state index is 0.166. The van der Waals surface area contributed by atoms with Crippen LogP contribution in [-0.4, -0.2) is 47.5 Å². The lowest BCUT2D eigenvalue weighted by atomic mass is 10.0. The van der Waals surface area contributed by atoms with Crippen molar-refractivity contribution in [2.75, 3.05) is 30.3 Å². The van der Waals surface area contributed by atoms with Crippen LogP contribution in [0.2, 0.25) is 0 Å². The van der Waals surface area contributed by atoms with Crippen molar-refractivity contribution in [2.24, 2.45) is 0 Å². The van der Waals surface area contributed by atoms with Crippen LogP contribution in [-0.2, 0) is 6.42 Å². The maximum atomic E-state index is 12.4. The summed E-state index contributed by atoms with van der Waals surface area (Å²) in [5.41, 5.74) is 2.58. The molecular weight excluding hydrogens is 406 g/mol. The van der Waals surface area contributed by atoms with E-state index in [0.717, 1.165) is 38.9 Å². The number of rotatable bonds is 7. The van der Waals surface area contributed by atoms with Gasteiger partial charge in [-0.25, -0.2) is 4.79 Å². The molecule has 32 heavy (non-hydrogen) atoms. The first-order valence-electron chi connectivity index (χ1n) is 10.8. The van der Waals surface area contributed by atoms with E-state index >= 15 is 0 Å². The van der Waals surface area contributed by atoms with E-state index < -0.39 is 0 Å². The third-order valence-electron chi connectivity index (χ3n) is 5.53. The van der Waals surface area contributed by atoms with E-state index in [1.165, 1.54) is 11.8 Å². The van der Waals surface area contributed by atoms with Gasteiger partial charge < -0.3 is 25.3 Å². The number of anilines is 2. The summed E-state index contributed by atoms with van der Waals surface area (Å²) in [6.45, 7) is 2.96. The molecule has 3 N–H and O–H groups in total. The number of nitrogens with zero attached hydrogens (tertiary/aromatic N) is 2. The van der Waals surface area contributed by atoms with E-state index in [9.17, 15) is 9.59 Å². The lowest BCUT2D eigenvalue weighted by Crippen LogP contribution is -2.46.